The molecule has 1 aliphatic heterocycles. The molecule has 1 unspecified atom stereocenters. The molecule has 1 aromatic carbocycles. The largest absolute Gasteiger partial charge is 0.480 e. The van der Waals surface area contributed by atoms with E-state index in [-0.39, 0.29) is 17.3 Å². The van der Waals surface area contributed by atoms with E-state index < -0.39 is 34.5 Å². The quantitative estimate of drug-likeness (QED) is 0.430. The second kappa shape index (κ2) is 8.10. The van der Waals surface area contributed by atoms with Crippen LogP contribution in [0.5, 0.6) is 0 Å². The molecule has 3 aromatic heterocycles. The van der Waals surface area contributed by atoms with E-state index in [1.807, 2.05) is 6.07 Å². The zero-order valence-electron chi connectivity index (χ0n) is 16.9. The fourth-order valence-corrected chi connectivity index (χ4v) is 7.23. The highest BCUT2D eigenvalue weighted by Crippen LogP contribution is 2.34. The van der Waals surface area contributed by atoms with Crippen molar-refractivity contribution in [3.8, 4) is 0 Å². The molecule has 170 valence electrons. The number of hydrogen-bond donors (Lipinski definition) is 2. The van der Waals surface area contributed by atoms with Crippen LogP contribution in [0, 0.1) is 0 Å². The van der Waals surface area contributed by atoms with Gasteiger partial charge in [-0.15, -0.1) is 11.3 Å². The average Bonchev–Trinajstić information content (AvgIpc) is 3.38. The number of benzene rings is 1. The number of amides is 1. The zero-order chi connectivity index (χ0) is 23.3. The summed E-state index contributed by atoms with van der Waals surface area (Å²) in [4.78, 5) is 33.5. The minimum atomic E-state index is -4.22. The number of pyridine rings is 1. The third-order valence-corrected chi connectivity index (χ3v) is 9.17. The lowest BCUT2D eigenvalue weighted by atomic mass is 10.2. The van der Waals surface area contributed by atoms with Crippen molar-refractivity contribution < 1.29 is 23.1 Å². The minimum Gasteiger partial charge on any atom is -0.480 e. The van der Waals surface area contributed by atoms with Gasteiger partial charge in [-0.05, 0) is 35.7 Å². The van der Waals surface area contributed by atoms with Crippen LogP contribution in [-0.4, -0.2) is 63.7 Å². The summed E-state index contributed by atoms with van der Waals surface area (Å²) in [7, 11) is -4.22. The van der Waals surface area contributed by atoms with Gasteiger partial charge in [-0.3, -0.25) is 14.6 Å². The van der Waals surface area contributed by atoms with E-state index in [1.54, 1.807) is 36.7 Å². The third-order valence-electron chi connectivity index (χ3n) is 5.53. The van der Waals surface area contributed by atoms with Crippen molar-refractivity contribution in [1.82, 2.24) is 19.2 Å². The summed E-state index contributed by atoms with van der Waals surface area (Å²) in [6.07, 6.45) is 3.32. The number of thiophene rings is 1. The maximum atomic E-state index is 13.3. The highest BCUT2D eigenvalue weighted by atomic mass is 35.5. The van der Waals surface area contributed by atoms with Gasteiger partial charge in [-0.2, -0.15) is 4.31 Å². The molecule has 0 saturated carbocycles. The summed E-state index contributed by atoms with van der Waals surface area (Å²) >= 11 is 6.99. The number of sulfonamides is 1. The number of carboxylic acid groups (broad SMARTS) is 1. The molecule has 1 saturated heterocycles. The first kappa shape index (κ1) is 21.8. The second-order valence-electron chi connectivity index (χ2n) is 7.68. The van der Waals surface area contributed by atoms with Crippen LogP contribution in [0.15, 0.2) is 53.0 Å². The van der Waals surface area contributed by atoms with Crippen molar-refractivity contribution in [2.75, 3.05) is 13.1 Å². The lowest BCUT2D eigenvalue weighted by molar-refractivity contribution is -0.148. The number of fused-ring (bicyclic) bond motifs is 2. The van der Waals surface area contributed by atoms with Crippen LogP contribution < -0.4 is 0 Å². The van der Waals surface area contributed by atoms with Crippen LogP contribution in [0.3, 0.4) is 0 Å². The van der Waals surface area contributed by atoms with Gasteiger partial charge in [0.2, 0.25) is 5.91 Å². The zero-order valence-corrected chi connectivity index (χ0v) is 19.3. The number of aromatic amines is 1. The summed E-state index contributed by atoms with van der Waals surface area (Å²) < 4.78 is 28.1. The Hall–Kier alpha value is -2.99. The Morgan fingerprint density at radius 1 is 1.24 bits per heavy atom. The van der Waals surface area contributed by atoms with Crippen LogP contribution in [0.1, 0.15) is 5.69 Å². The third kappa shape index (κ3) is 3.97. The Morgan fingerprint density at radius 2 is 2.06 bits per heavy atom. The molecular weight excluding hydrogens is 488 g/mol. The molecule has 0 spiro atoms. The van der Waals surface area contributed by atoms with Crippen LogP contribution in [0.2, 0.25) is 5.02 Å². The highest BCUT2D eigenvalue weighted by molar-refractivity contribution is 7.91. The molecule has 0 aliphatic carbocycles. The van der Waals surface area contributed by atoms with Crippen LogP contribution in [-0.2, 0) is 26.2 Å². The smallest absolute Gasteiger partial charge is 0.323 e. The first-order chi connectivity index (χ1) is 15.7. The number of nitrogens with zero attached hydrogens (tertiary/aromatic N) is 3. The Morgan fingerprint density at radius 3 is 2.82 bits per heavy atom. The number of aromatic nitrogens is 2. The average molecular weight is 505 g/mol. The van der Waals surface area contributed by atoms with E-state index in [1.165, 1.54) is 11.0 Å². The Balaban J connectivity index is 1.43. The molecule has 1 amide bonds. The Labute approximate surface area is 197 Å². The van der Waals surface area contributed by atoms with Gasteiger partial charge in [0.15, 0.2) is 0 Å². The monoisotopic (exact) mass is 504 g/mol. The fourth-order valence-electron chi connectivity index (χ4n) is 3.90. The van der Waals surface area contributed by atoms with Gasteiger partial charge < -0.3 is 15.0 Å². The van der Waals surface area contributed by atoms with Crippen molar-refractivity contribution in [2.45, 2.75) is 16.8 Å². The van der Waals surface area contributed by atoms with Gasteiger partial charge in [0.05, 0.1) is 13.1 Å². The summed E-state index contributed by atoms with van der Waals surface area (Å²) in [5.74, 6) is -1.79. The van der Waals surface area contributed by atoms with Gasteiger partial charge >= 0.3 is 5.97 Å². The van der Waals surface area contributed by atoms with Crippen molar-refractivity contribution in [3.63, 3.8) is 0 Å². The number of carbonyl (C=O) groups is 2. The van der Waals surface area contributed by atoms with Gasteiger partial charge in [-0.1, -0.05) is 17.7 Å². The normalized spacial score (nSPS) is 17.8. The van der Waals surface area contributed by atoms with E-state index in [0.29, 0.717) is 20.8 Å². The number of hydrogen-bond acceptors (Lipinski definition) is 6. The SMILES string of the molecule is O=C(O)C1CN(Cc2cc3cnccc3[nH]2)C(=O)CN1S(=O)(=O)c1cc2ccc(Cl)cc2s1. The predicted molar refractivity (Wildman–Crippen MR) is 124 cm³/mol. The lowest BCUT2D eigenvalue weighted by Crippen LogP contribution is -2.60. The number of halogens is 1. The fraction of sp³-hybridized carbons (Fsp3) is 0.190. The minimum absolute atomic E-state index is 0.0321. The number of rotatable bonds is 5. The molecule has 1 fully saturated rings. The number of aliphatic carboxylic acids is 1. The number of carbonyl (C=O) groups excluding carboxylic acids is 1. The van der Waals surface area contributed by atoms with Crippen LogP contribution in [0.25, 0.3) is 21.0 Å². The predicted octanol–water partition coefficient (Wildman–Crippen LogP) is 2.92. The lowest BCUT2D eigenvalue weighted by Gasteiger charge is -2.37. The summed E-state index contributed by atoms with van der Waals surface area (Å²) in [6, 6.07) is 8.68. The first-order valence-corrected chi connectivity index (χ1v) is 12.5. The van der Waals surface area contributed by atoms with E-state index in [2.05, 4.69) is 9.97 Å². The number of piperazine rings is 1. The second-order valence-corrected chi connectivity index (χ2v) is 11.3. The number of H-pyrrole nitrogens is 1. The number of nitrogens with one attached hydrogen (secondary N) is 1. The summed E-state index contributed by atoms with van der Waals surface area (Å²) in [6.45, 7) is -0.694. The van der Waals surface area contributed by atoms with E-state index in [4.69, 9.17) is 11.6 Å². The molecule has 4 heterocycles. The van der Waals surface area contributed by atoms with E-state index in [0.717, 1.165) is 26.5 Å². The Bertz CT molecular complexity index is 1480. The molecule has 33 heavy (non-hydrogen) atoms. The molecule has 12 heteroatoms. The number of carboxylic acids is 1. The summed E-state index contributed by atoms with van der Waals surface area (Å²) in [5.41, 5.74) is 1.54. The molecule has 1 aliphatic rings. The standard InChI is InChI=1S/C21H17ClN4O5S2/c22-14-2-1-12-6-20(32-18(12)7-14)33(30,31)26-11-19(27)25(10-17(26)21(28)29)9-15-5-13-8-23-4-3-16(13)24-15/h1-8,17,24H,9-11H2,(H,28,29). The van der Waals surface area contributed by atoms with Gasteiger partial charge in [0.1, 0.15) is 10.3 Å². The van der Waals surface area contributed by atoms with Crippen molar-refractivity contribution in [3.05, 3.63) is 59.5 Å². The molecule has 5 rings (SSSR count). The van der Waals surface area contributed by atoms with Gasteiger partial charge in [-0.25, -0.2) is 8.42 Å². The molecule has 0 bridgehead atoms. The van der Waals surface area contributed by atoms with Crippen LogP contribution in [0.4, 0.5) is 0 Å². The molecule has 0 radical (unpaired) electrons. The van der Waals surface area contributed by atoms with E-state index in [9.17, 15) is 23.1 Å². The first-order valence-electron chi connectivity index (χ1n) is 9.85. The maximum absolute atomic E-state index is 13.3. The van der Waals surface area contributed by atoms with Gasteiger partial charge in [0.25, 0.3) is 10.0 Å². The van der Waals surface area contributed by atoms with Crippen molar-refractivity contribution in [1.29, 1.82) is 0 Å². The highest BCUT2D eigenvalue weighted by Gasteiger charge is 2.44. The van der Waals surface area contributed by atoms with Crippen LogP contribution >= 0.6 is 22.9 Å². The topological polar surface area (TPSA) is 124 Å². The molecule has 4 aromatic rings. The maximum Gasteiger partial charge on any atom is 0.323 e. The van der Waals surface area contributed by atoms with Crippen molar-refractivity contribution in [2.24, 2.45) is 0 Å². The molecule has 1 atom stereocenters. The molecule has 9 nitrogen and oxygen atoms in total. The Kier molecular flexibility index (Phi) is 5.36. The van der Waals surface area contributed by atoms with Gasteiger partial charge in [0, 0.05) is 45.3 Å². The molecule has 2 N–H and O–H groups in total. The summed E-state index contributed by atoms with van der Waals surface area (Å²) in [5, 5.41) is 11.8. The molecular formula is C21H17ClN4O5S2. The van der Waals surface area contributed by atoms with Crippen molar-refractivity contribution >= 4 is 65.8 Å². The van der Waals surface area contributed by atoms with E-state index >= 15 is 0 Å².